The predicted molar refractivity (Wildman–Crippen MR) is 105 cm³/mol. The molecule has 0 amide bonds. The average Bonchev–Trinajstić information content (AvgIpc) is 2.68. The van der Waals surface area contributed by atoms with E-state index in [1.807, 2.05) is 24.3 Å². The van der Waals surface area contributed by atoms with Gasteiger partial charge < -0.3 is 9.64 Å². The van der Waals surface area contributed by atoms with Crippen LogP contribution in [0.25, 0.3) is 0 Å². The summed E-state index contributed by atoms with van der Waals surface area (Å²) < 4.78 is 28.9. The Hall–Kier alpha value is -2.44. The molecule has 1 heterocycles. The van der Waals surface area contributed by atoms with Gasteiger partial charge in [-0.3, -0.25) is 9.69 Å². The lowest BCUT2D eigenvalue weighted by atomic mass is 10.1. The second kappa shape index (κ2) is 9.66. The molecule has 4 nitrogen and oxygen atoms in total. The third-order valence-electron chi connectivity index (χ3n) is 4.54. The summed E-state index contributed by atoms with van der Waals surface area (Å²) in [6.45, 7) is 1.20. The minimum Gasteiger partial charge on any atom is -0.435 e. The first-order chi connectivity index (χ1) is 13.5. The van der Waals surface area contributed by atoms with Crippen molar-refractivity contribution in [2.75, 3.05) is 26.2 Å². The number of piperazine rings is 1. The van der Waals surface area contributed by atoms with Crippen LogP contribution in [-0.2, 0) is 6.54 Å². The van der Waals surface area contributed by atoms with E-state index in [4.69, 9.17) is 11.6 Å². The molecule has 28 heavy (non-hydrogen) atoms. The number of ketones is 1. The summed E-state index contributed by atoms with van der Waals surface area (Å²) in [5, 5.41) is 0.772. The minimum atomic E-state index is -2.91. The van der Waals surface area contributed by atoms with Crippen molar-refractivity contribution in [1.82, 2.24) is 9.80 Å². The monoisotopic (exact) mass is 406 g/mol. The number of alkyl halides is 2. The molecule has 0 spiro atoms. The fourth-order valence-electron chi connectivity index (χ4n) is 3.03. The fraction of sp³-hybridized carbons (Fsp3) is 0.286. The lowest BCUT2D eigenvalue weighted by Crippen LogP contribution is -2.43. The summed E-state index contributed by atoms with van der Waals surface area (Å²) in [7, 11) is 0. The van der Waals surface area contributed by atoms with Crippen LogP contribution in [-0.4, -0.2) is 48.4 Å². The van der Waals surface area contributed by atoms with Crippen molar-refractivity contribution in [3.8, 4) is 5.75 Å². The van der Waals surface area contributed by atoms with E-state index in [1.54, 1.807) is 12.3 Å². The topological polar surface area (TPSA) is 32.8 Å². The lowest BCUT2D eigenvalue weighted by molar-refractivity contribution is -0.0498. The highest BCUT2D eigenvalue weighted by molar-refractivity contribution is 6.31. The van der Waals surface area contributed by atoms with E-state index >= 15 is 0 Å². The van der Waals surface area contributed by atoms with Gasteiger partial charge in [0.2, 0.25) is 0 Å². The van der Waals surface area contributed by atoms with Crippen LogP contribution in [0.5, 0.6) is 5.75 Å². The van der Waals surface area contributed by atoms with Gasteiger partial charge in [-0.25, -0.2) is 0 Å². The largest absolute Gasteiger partial charge is 0.435 e. The molecule has 1 fully saturated rings. The maximum atomic E-state index is 12.3. The number of nitrogens with zero attached hydrogens (tertiary/aromatic N) is 2. The fourth-order valence-corrected chi connectivity index (χ4v) is 3.23. The minimum absolute atomic E-state index is 0.0255. The number of hydrogen-bond donors (Lipinski definition) is 0. The molecule has 0 radical (unpaired) electrons. The molecule has 2 aromatic rings. The van der Waals surface area contributed by atoms with E-state index in [2.05, 4.69) is 14.5 Å². The molecule has 1 aliphatic rings. The molecule has 7 heteroatoms. The van der Waals surface area contributed by atoms with Crippen LogP contribution in [0.4, 0.5) is 8.78 Å². The Morgan fingerprint density at radius 1 is 1.11 bits per heavy atom. The summed E-state index contributed by atoms with van der Waals surface area (Å²) in [6.07, 6.45) is 3.22. The van der Waals surface area contributed by atoms with Crippen LogP contribution in [0.2, 0.25) is 5.02 Å². The van der Waals surface area contributed by atoms with Gasteiger partial charge in [-0.1, -0.05) is 41.9 Å². The van der Waals surface area contributed by atoms with Gasteiger partial charge in [0.15, 0.2) is 5.78 Å². The normalized spacial score (nSPS) is 15.4. The van der Waals surface area contributed by atoms with E-state index < -0.39 is 6.61 Å². The summed E-state index contributed by atoms with van der Waals surface area (Å²) in [5.74, 6) is -0.277. The van der Waals surface area contributed by atoms with Gasteiger partial charge >= 0.3 is 6.61 Å². The molecule has 148 valence electrons. The van der Waals surface area contributed by atoms with E-state index in [1.165, 1.54) is 24.3 Å². The summed E-state index contributed by atoms with van der Waals surface area (Å²) in [5.41, 5.74) is 1.42. The Morgan fingerprint density at radius 3 is 2.57 bits per heavy atom. The number of allylic oxidation sites excluding steroid dienone is 1. The molecule has 0 saturated carbocycles. The zero-order valence-electron chi connectivity index (χ0n) is 15.2. The zero-order valence-corrected chi connectivity index (χ0v) is 16.0. The van der Waals surface area contributed by atoms with Crippen molar-refractivity contribution in [3.63, 3.8) is 0 Å². The molecule has 0 bridgehead atoms. The molecule has 0 aromatic heterocycles. The molecular formula is C21H21ClF2N2O2. The Balaban J connectivity index is 1.51. The highest BCUT2D eigenvalue weighted by Crippen LogP contribution is 2.19. The number of benzene rings is 2. The maximum absolute atomic E-state index is 12.3. The third-order valence-corrected chi connectivity index (χ3v) is 4.91. The zero-order chi connectivity index (χ0) is 19.9. The maximum Gasteiger partial charge on any atom is 0.387 e. The van der Waals surface area contributed by atoms with Crippen LogP contribution in [0.1, 0.15) is 15.9 Å². The third kappa shape index (κ3) is 5.78. The van der Waals surface area contributed by atoms with Gasteiger partial charge in [0.25, 0.3) is 0 Å². The Labute approximate surface area is 168 Å². The Kier molecular flexibility index (Phi) is 7.01. The van der Waals surface area contributed by atoms with Gasteiger partial charge in [0, 0.05) is 55.6 Å². The smallest absolute Gasteiger partial charge is 0.387 e. The molecular weight excluding hydrogens is 386 g/mol. The van der Waals surface area contributed by atoms with Crippen LogP contribution in [0.15, 0.2) is 60.8 Å². The van der Waals surface area contributed by atoms with Gasteiger partial charge in [-0.05, 0) is 23.8 Å². The molecule has 0 aliphatic carbocycles. The first kappa shape index (κ1) is 20.3. The quantitative estimate of drug-likeness (QED) is 0.502. The average molecular weight is 407 g/mol. The second-order valence-corrected chi connectivity index (χ2v) is 6.90. The number of halogens is 3. The van der Waals surface area contributed by atoms with Gasteiger partial charge in [-0.15, -0.1) is 0 Å². The summed E-state index contributed by atoms with van der Waals surface area (Å²) in [4.78, 5) is 16.7. The molecule has 2 aromatic carbocycles. The lowest BCUT2D eigenvalue weighted by Gasteiger charge is -2.34. The number of ether oxygens (including phenoxy) is 1. The van der Waals surface area contributed by atoms with E-state index in [0.29, 0.717) is 5.56 Å². The SMILES string of the molecule is O=C(C=CN1CCN(Cc2ccccc2Cl)CC1)c1cccc(OC(F)F)c1. The number of rotatable bonds is 7. The molecule has 0 N–H and O–H groups in total. The highest BCUT2D eigenvalue weighted by Gasteiger charge is 2.16. The van der Waals surface area contributed by atoms with Crippen molar-refractivity contribution in [3.05, 3.63) is 77.0 Å². The van der Waals surface area contributed by atoms with Gasteiger partial charge in [0.1, 0.15) is 5.75 Å². The Bertz CT molecular complexity index is 837. The summed E-state index contributed by atoms with van der Waals surface area (Å²) in [6, 6.07) is 13.6. The number of carbonyl (C=O) groups excluding carboxylic acids is 1. The standard InChI is InChI=1S/C21H21ClF2N2O2/c22-19-7-2-1-4-17(19)15-26-12-10-25(11-13-26)9-8-20(27)16-5-3-6-18(14-16)28-21(23)24/h1-9,14,21H,10-13,15H2. The highest BCUT2D eigenvalue weighted by atomic mass is 35.5. The van der Waals surface area contributed by atoms with Gasteiger partial charge in [0.05, 0.1) is 0 Å². The first-order valence-corrected chi connectivity index (χ1v) is 9.36. The van der Waals surface area contributed by atoms with Crippen LogP contribution in [0.3, 0.4) is 0 Å². The second-order valence-electron chi connectivity index (χ2n) is 6.49. The molecule has 1 aliphatic heterocycles. The van der Waals surface area contributed by atoms with Crippen molar-refractivity contribution >= 4 is 17.4 Å². The molecule has 0 unspecified atom stereocenters. The van der Waals surface area contributed by atoms with E-state index in [9.17, 15) is 13.6 Å². The molecule has 1 saturated heterocycles. The first-order valence-electron chi connectivity index (χ1n) is 8.98. The van der Waals surface area contributed by atoms with Crippen molar-refractivity contribution in [1.29, 1.82) is 0 Å². The van der Waals surface area contributed by atoms with Gasteiger partial charge in [-0.2, -0.15) is 8.78 Å². The summed E-state index contributed by atoms with van der Waals surface area (Å²) >= 11 is 6.22. The number of hydrogen-bond acceptors (Lipinski definition) is 4. The Morgan fingerprint density at radius 2 is 1.86 bits per heavy atom. The predicted octanol–water partition coefficient (Wildman–Crippen LogP) is 4.46. The van der Waals surface area contributed by atoms with Crippen molar-refractivity contribution in [2.45, 2.75) is 13.2 Å². The van der Waals surface area contributed by atoms with Crippen LogP contribution < -0.4 is 4.74 Å². The molecule has 0 atom stereocenters. The van der Waals surface area contributed by atoms with E-state index in [0.717, 1.165) is 43.3 Å². The van der Waals surface area contributed by atoms with Crippen molar-refractivity contribution in [2.24, 2.45) is 0 Å². The number of carbonyl (C=O) groups is 1. The van der Waals surface area contributed by atoms with Crippen LogP contribution in [0, 0.1) is 0 Å². The molecule has 3 rings (SSSR count). The van der Waals surface area contributed by atoms with E-state index in [-0.39, 0.29) is 11.5 Å². The van der Waals surface area contributed by atoms with Crippen molar-refractivity contribution < 1.29 is 18.3 Å². The van der Waals surface area contributed by atoms with Crippen LogP contribution >= 0.6 is 11.6 Å².